The van der Waals surface area contributed by atoms with Gasteiger partial charge in [-0.2, -0.15) is 23.5 Å². The van der Waals surface area contributed by atoms with Crippen molar-refractivity contribution in [2.75, 3.05) is 30.6 Å². The van der Waals surface area contributed by atoms with Crippen molar-refractivity contribution < 1.29 is 23.1 Å². The van der Waals surface area contributed by atoms with Crippen LogP contribution in [0.15, 0.2) is 60.7 Å². The van der Waals surface area contributed by atoms with Crippen LogP contribution in [-0.4, -0.2) is 59.5 Å². The van der Waals surface area contributed by atoms with Gasteiger partial charge in [-0.05, 0) is 96.0 Å². The SMILES string of the molecule is COC(=O)[C@H](CCSC)NC(=O)c1ccc(CN(Cc2cc(F)cc(F)c2)C2CCCSC2)cc1-c1ccccc1C. The highest BCUT2D eigenvalue weighted by Crippen LogP contribution is 2.31. The van der Waals surface area contributed by atoms with E-state index in [0.29, 0.717) is 36.4 Å². The number of nitrogens with one attached hydrogen (secondary N) is 1. The van der Waals surface area contributed by atoms with E-state index in [1.807, 2.05) is 67.4 Å². The lowest BCUT2D eigenvalue weighted by Gasteiger charge is -2.34. The summed E-state index contributed by atoms with van der Waals surface area (Å²) >= 11 is 3.50. The summed E-state index contributed by atoms with van der Waals surface area (Å²) in [4.78, 5) is 28.3. The van der Waals surface area contributed by atoms with Crippen LogP contribution >= 0.6 is 23.5 Å². The molecule has 1 amide bonds. The molecule has 5 nitrogen and oxygen atoms in total. The Labute approximate surface area is 255 Å². The number of carbonyl (C=O) groups is 2. The van der Waals surface area contributed by atoms with E-state index in [9.17, 15) is 18.4 Å². The van der Waals surface area contributed by atoms with Gasteiger partial charge in [0.1, 0.15) is 17.7 Å². The third kappa shape index (κ3) is 8.58. The van der Waals surface area contributed by atoms with Crippen LogP contribution in [0.25, 0.3) is 11.1 Å². The quantitative estimate of drug-likeness (QED) is 0.226. The number of benzene rings is 3. The molecule has 42 heavy (non-hydrogen) atoms. The molecule has 0 radical (unpaired) electrons. The molecule has 3 aromatic rings. The van der Waals surface area contributed by atoms with Gasteiger partial charge in [0.15, 0.2) is 0 Å². The number of thioether (sulfide) groups is 2. The minimum Gasteiger partial charge on any atom is -0.467 e. The van der Waals surface area contributed by atoms with Gasteiger partial charge in [0.25, 0.3) is 5.91 Å². The van der Waals surface area contributed by atoms with Crippen molar-refractivity contribution in [1.29, 1.82) is 0 Å². The van der Waals surface area contributed by atoms with E-state index >= 15 is 0 Å². The van der Waals surface area contributed by atoms with Crippen LogP contribution in [0.4, 0.5) is 8.78 Å². The fraction of sp³-hybridized carbons (Fsp3) is 0.394. The maximum atomic E-state index is 14.0. The molecular weight excluding hydrogens is 575 g/mol. The smallest absolute Gasteiger partial charge is 0.328 e. The second kappa shape index (κ2) is 15.5. The summed E-state index contributed by atoms with van der Waals surface area (Å²) in [7, 11) is 1.32. The first kappa shape index (κ1) is 32.0. The molecule has 4 rings (SSSR count). The second-order valence-electron chi connectivity index (χ2n) is 10.6. The van der Waals surface area contributed by atoms with Crippen molar-refractivity contribution in [2.45, 2.75) is 51.4 Å². The van der Waals surface area contributed by atoms with E-state index in [2.05, 4.69) is 10.2 Å². The van der Waals surface area contributed by atoms with Gasteiger partial charge >= 0.3 is 5.97 Å². The molecule has 1 aliphatic heterocycles. The average molecular weight is 613 g/mol. The summed E-state index contributed by atoms with van der Waals surface area (Å²) in [6.45, 7) is 2.98. The predicted molar refractivity (Wildman–Crippen MR) is 169 cm³/mol. The second-order valence-corrected chi connectivity index (χ2v) is 12.7. The number of hydrogen-bond donors (Lipinski definition) is 1. The molecule has 224 valence electrons. The van der Waals surface area contributed by atoms with Crippen molar-refractivity contribution in [3.63, 3.8) is 0 Å². The monoisotopic (exact) mass is 612 g/mol. The molecule has 1 saturated heterocycles. The van der Waals surface area contributed by atoms with Gasteiger partial charge in [-0.15, -0.1) is 0 Å². The van der Waals surface area contributed by atoms with E-state index in [1.54, 1.807) is 11.8 Å². The molecule has 3 aromatic carbocycles. The van der Waals surface area contributed by atoms with E-state index in [0.717, 1.165) is 52.7 Å². The normalized spacial score (nSPS) is 15.8. The van der Waals surface area contributed by atoms with Crippen molar-refractivity contribution in [2.24, 2.45) is 0 Å². The summed E-state index contributed by atoms with van der Waals surface area (Å²) in [5.41, 5.74) is 4.77. The number of amides is 1. The first-order chi connectivity index (χ1) is 20.3. The van der Waals surface area contributed by atoms with Crippen LogP contribution < -0.4 is 5.32 Å². The van der Waals surface area contributed by atoms with Crippen LogP contribution in [0.2, 0.25) is 0 Å². The van der Waals surface area contributed by atoms with Crippen molar-refractivity contribution in [1.82, 2.24) is 10.2 Å². The van der Waals surface area contributed by atoms with Crippen molar-refractivity contribution in [3.05, 3.63) is 94.6 Å². The molecule has 0 bridgehead atoms. The number of aryl methyl sites for hydroxylation is 1. The number of methoxy groups -OCH3 is 1. The van der Waals surface area contributed by atoms with Gasteiger partial charge in [-0.25, -0.2) is 13.6 Å². The largest absolute Gasteiger partial charge is 0.467 e. The first-order valence-corrected chi connectivity index (χ1v) is 16.7. The standard InChI is InChI=1S/C33H38F2N2O3S2/c1-22-7-4-5-9-28(22)30-17-23(10-11-29(30)32(38)36-31(12-14-41-3)33(39)40-2)19-37(27-8-6-13-42-21-27)20-24-15-25(34)18-26(35)16-24/h4-5,7,9-11,15-18,27,31H,6,8,12-14,19-21H2,1-3H3,(H,36,38)/t27?,31-/m0/s1. The van der Waals surface area contributed by atoms with Crippen molar-refractivity contribution in [3.8, 4) is 11.1 Å². The van der Waals surface area contributed by atoms with Crippen LogP contribution in [0, 0.1) is 18.6 Å². The zero-order valence-corrected chi connectivity index (χ0v) is 26.0. The number of halogens is 2. The Morgan fingerprint density at radius 1 is 1.05 bits per heavy atom. The maximum absolute atomic E-state index is 14.0. The van der Waals surface area contributed by atoms with Gasteiger partial charge in [0.05, 0.1) is 7.11 Å². The fourth-order valence-electron chi connectivity index (χ4n) is 5.35. The summed E-state index contributed by atoms with van der Waals surface area (Å²) < 4.78 is 33.0. The number of carbonyl (C=O) groups excluding carboxylic acids is 2. The molecule has 0 aliphatic carbocycles. The third-order valence-electron chi connectivity index (χ3n) is 7.51. The Bertz CT molecular complexity index is 1360. The Morgan fingerprint density at radius 3 is 2.45 bits per heavy atom. The minimum atomic E-state index is -0.745. The van der Waals surface area contributed by atoms with E-state index in [4.69, 9.17) is 4.74 Å². The Morgan fingerprint density at radius 2 is 1.79 bits per heavy atom. The van der Waals surface area contributed by atoms with Gasteiger partial charge in [-0.1, -0.05) is 30.3 Å². The lowest BCUT2D eigenvalue weighted by molar-refractivity contribution is -0.142. The van der Waals surface area contributed by atoms with Crippen LogP contribution in [-0.2, 0) is 22.6 Å². The van der Waals surface area contributed by atoms with Gasteiger partial charge < -0.3 is 10.1 Å². The predicted octanol–water partition coefficient (Wildman–Crippen LogP) is 6.86. The van der Waals surface area contributed by atoms with Gasteiger partial charge in [0.2, 0.25) is 0 Å². The third-order valence-corrected chi connectivity index (χ3v) is 9.35. The highest BCUT2D eigenvalue weighted by molar-refractivity contribution is 7.99. The fourth-order valence-corrected chi connectivity index (χ4v) is 7.00. The lowest BCUT2D eigenvalue weighted by Crippen LogP contribution is -2.42. The average Bonchev–Trinajstić information content (AvgIpc) is 2.98. The van der Waals surface area contributed by atoms with Gasteiger partial charge in [0, 0.05) is 36.5 Å². The molecule has 0 aromatic heterocycles. The number of ether oxygens (including phenoxy) is 1. The summed E-state index contributed by atoms with van der Waals surface area (Å²) in [5, 5.41) is 2.89. The van der Waals surface area contributed by atoms with Crippen LogP contribution in [0.3, 0.4) is 0 Å². The van der Waals surface area contributed by atoms with Crippen LogP contribution in [0.1, 0.15) is 46.3 Å². The molecule has 1 aliphatic rings. The Kier molecular flexibility index (Phi) is 11.9. The lowest BCUT2D eigenvalue weighted by atomic mass is 9.93. The zero-order chi connectivity index (χ0) is 30.1. The van der Waals surface area contributed by atoms with Crippen LogP contribution in [0.5, 0.6) is 0 Å². The number of esters is 1. The highest BCUT2D eigenvalue weighted by Gasteiger charge is 2.26. The molecular formula is C33H38F2N2O3S2. The van der Waals surface area contributed by atoms with E-state index < -0.39 is 23.6 Å². The highest BCUT2D eigenvalue weighted by atomic mass is 32.2. The molecule has 1 unspecified atom stereocenters. The Hall–Kier alpha value is -2.88. The first-order valence-electron chi connectivity index (χ1n) is 14.1. The van der Waals surface area contributed by atoms with E-state index in [1.165, 1.54) is 19.2 Å². The van der Waals surface area contributed by atoms with E-state index in [-0.39, 0.29) is 11.9 Å². The van der Waals surface area contributed by atoms with Crippen molar-refractivity contribution >= 4 is 35.4 Å². The van der Waals surface area contributed by atoms with Gasteiger partial charge in [-0.3, -0.25) is 9.69 Å². The molecule has 9 heteroatoms. The number of rotatable bonds is 12. The summed E-state index contributed by atoms with van der Waals surface area (Å²) in [6.07, 6.45) is 4.52. The summed E-state index contributed by atoms with van der Waals surface area (Å²) in [6, 6.07) is 16.9. The summed E-state index contributed by atoms with van der Waals surface area (Å²) in [5.74, 6) is 0.797. The topological polar surface area (TPSA) is 58.6 Å². The number of nitrogens with zero attached hydrogens (tertiary/aromatic N) is 1. The molecule has 0 spiro atoms. The molecule has 0 saturated carbocycles. The maximum Gasteiger partial charge on any atom is 0.328 e. The molecule has 2 atom stereocenters. The molecule has 1 heterocycles. The number of hydrogen-bond acceptors (Lipinski definition) is 6. The molecule has 1 N–H and O–H groups in total. The Balaban J connectivity index is 1.68. The minimum absolute atomic E-state index is 0.261. The molecule has 1 fully saturated rings. The zero-order valence-electron chi connectivity index (χ0n) is 24.3.